The van der Waals surface area contributed by atoms with Gasteiger partial charge in [0.05, 0.1) is 11.6 Å². The highest BCUT2D eigenvalue weighted by Crippen LogP contribution is 2.20. The minimum Gasteiger partial charge on any atom is -0.369 e. The summed E-state index contributed by atoms with van der Waals surface area (Å²) in [5.74, 6) is 0.300. The van der Waals surface area contributed by atoms with Crippen molar-refractivity contribution in [3.8, 4) is 0 Å². The first kappa shape index (κ1) is 11.8. The van der Waals surface area contributed by atoms with Crippen molar-refractivity contribution in [1.82, 2.24) is 9.97 Å². The number of nitrogens with two attached hydrogens (primary N) is 2. The second-order valence-corrected chi connectivity index (χ2v) is 4.34. The van der Waals surface area contributed by atoms with Crippen molar-refractivity contribution in [1.29, 1.82) is 0 Å². The molecule has 2 heterocycles. The Bertz CT molecular complexity index is 434. The maximum atomic E-state index is 11.1. The molecule has 0 aliphatic carbocycles. The molecule has 0 saturated carbocycles. The Hall–Kier alpha value is -1.69. The average molecular weight is 235 g/mol. The van der Waals surface area contributed by atoms with E-state index in [0.29, 0.717) is 19.0 Å². The fourth-order valence-corrected chi connectivity index (χ4v) is 2.04. The van der Waals surface area contributed by atoms with E-state index < -0.39 is 0 Å². The van der Waals surface area contributed by atoms with Crippen molar-refractivity contribution in [2.24, 2.45) is 17.4 Å². The van der Waals surface area contributed by atoms with Crippen molar-refractivity contribution in [3.05, 3.63) is 17.5 Å². The summed E-state index contributed by atoms with van der Waals surface area (Å²) in [5, 5.41) is 0. The van der Waals surface area contributed by atoms with Crippen LogP contribution >= 0.6 is 0 Å². The van der Waals surface area contributed by atoms with Crippen LogP contribution in [0.5, 0.6) is 0 Å². The molecule has 1 amide bonds. The first-order valence-electron chi connectivity index (χ1n) is 5.69. The van der Waals surface area contributed by atoms with Crippen molar-refractivity contribution in [2.45, 2.75) is 19.9 Å². The lowest BCUT2D eigenvalue weighted by atomic mass is 10.1. The van der Waals surface area contributed by atoms with Gasteiger partial charge in [0.2, 0.25) is 11.9 Å². The van der Waals surface area contributed by atoms with Crippen molar-refractivity contribution in [3.63, 3.8) is 0 Å². The Morgan fingerprint density at radius 3 is 2.94 bits per heavy atom. The molecule has 1 aromatic heterocycles. The minimum atomic E-state index is -0.251. The fourth-order valence-electron chi connectivity index (χ4n) is 2.04. The maximum absolute atomic E-state index is 11.1. The lowest BCUT2D eigenvalue weighted by Crippen LogP contribution is -2.28. The van der Waals surface area contributed by atoms with Crippen LogP contribution in [0.15, 0.2) is 6.07 Å². The second-order valence-electron chi connectivity index (χ2n) is 4.34. The molecule has 1 saturated heterocycles. The second kappa shape index (κ2) is 4.67. The molecule has 1 unspecified atom stereocenters. The molecule has 1 aliphatic heterocycles. The lowest BCUT2D eigenvalue weighted by Gasteiger charge is -2.16. The van der Waals surface area contributed by atoms with Gasteiger partial charge in [0, 0.05) is 25.3 Å². The Morgan fingerprint density at radius 1 is 1.59 bits per heavy atom. The van der Waals surface area contributed by atoms with Gasteiger partial charge in [-0.1, -0.05) is 0 Å². The molecule has 6 heteroatoms. The molecule has 4 N–H and O–H groups in total. The molecule has 92 valence electrons. The normalized spacial score (nSPS) is 19.6. The molecule has 0 aromatic carbocycles. The summed E-state index contributed by atoms with van der Waals surface area (Å²) in [7, 11) is 0. The Labute approximate surface area is 100 Å². The van der Waals surface area contributed by atoms with Crippen LogP contribution in [0.1, 0.15) is 17.8 Å². The number of hydrogen-bond donors (Lipinski definition) is 2. The van der Waals surface area contributed by atoms with Crippen LogP contribution in [0.25, 0.3) is 0 Å². The lowest BCUT2D eigenvalue weighted by molar-refractivity contribution is -0.121. The molecule has 17 heavy (non-hydrogen) atoms. The maximum Gasteiger partial charge on any atom is 0.225 e. The van der Waals surface area contributed by atoms with E-state index in [2.05, 4.69) is 9.97 Å². The van der Waals surface area contributed by atoms with Crippen molar-refractivity contribution >= 4 is 11.9 Å². The minimum absolute atomic E-state index is 0.0968. The summed E-state index contributed by atoms with van der Waals surface area (Å²) in [5.41, 5.74) is 12.6. The molecule has 1 atom stereocenters. The number of rotatable bonds is 3. The quantitative estimate of drug-likeness (QED) is 0.739. The van der Waals surface area contributed by atoms with Gasteiger partial charge in [0.1, 0.15) is 0 Å². The first-order chi connectivity index (χ1) is 8.10. The van der Waals surface area contributed by atoms with E-state index in [9.17, 15) is 4.79 Å². The average Bonchev–Trinajstić information content (AvgIpc) is 2.77. The Morgan fingerprint density at radius 2 is 2.35 bits per heavy atom. The van der Waals surface area contributed by atoms with Gasteiger partial charge >= 0.3 is 0 Å². The SMILES string of the molecule is Cc1cc(CN)nc(N2CCC(C(N)=O)C2)n1. The number of nitrogens with zero attached hydrogens (tertiary/aromatic N) is 3. The Balaban J connectivity index is 2.18. The van der Waals surface area contributed by atoms with E-state index >= 15 is 0 Å². The van der Waals surface area contributed by atoms with Gasteiger partial charge in [0.15, 0.2) is 0 Å². The van der Waals surface area contributed by atoms with E-state index in [1.54, 1.807) is 0 Å². The summed E-state index contributed by atoms with van der Waals surface area (Å²) in [6, 6.07) is 1.87. The molecular weight excluding hydrogens is 218 g/mol. The number of anilines is 1. The number of aryl methyl sites for hydroxylation is 1. The summed E-state index contributed by atoms with van der Waals surface area (Å²) >= 11 is 0. The molecule has 0 bridgehead atoms. The van der Waals surface area contributed by atoms with Crippen LogP contribution in [-0.2, 0) is 11.3 Å². The third-order valence-corrected chi connectivity index (χ3v) is 2.98. The molecule has 0 spiro atoms. The summed E-state index contributed by atoms with van der Waals surface area (Å²) in [6.07, 6.45) is 0.768. The van der Waals surface area contributed by atoms with Crippen molar-refractivity contribution in [2.75, 3.05) is 18.0 Å². The molecule has 0 radical (unpaired) electrons. The van der Waals surface area contributed by atoms with E-state index in [4.69, 9.17) is 11.5 Å². The van der Waals surface area contributed by atoms with Crippen LogP contribution in [0.3, 0.4) is 0 Å². The van der Waals surface area contributed by atoms with Crippen LogP contribution in [-0.4, -0.2) is 29.0 Å². The first-order valence-corrected chi connectivity index (χ1v) is 5.69. The third kappa shape index (κ3) is 2.52. The predicted octanol–water partition coefficient (Wildman–Crippen LogP) is -0.445. The number of hydrogen-bond acceptors (Lipinski definition) is 5. The fraction of sp³-hybridized carbons (Fsp3) is 0.545. The molecule has 1 aliphatic rings. The number of carbonyl (C=O) groups is 1. The van der Waals surface area contributed by atoms with Crippen LogP contribution < -0.4 is 16.4 Å². The van der Waals surface area contributed by atoms with E-state index in [-0.39, 0.29) is 11.8 Å². The topological polar surface area (TPSA) is 98.1 Å². The van der Waals surface area contributed by atoms with Gasteiger partial charge in [-0.25, -0.2) is 9.97 Å². The predicted molar refractivity (Wildman–Crippen MR) is 64.2 cm³/mol. The summed E-state index contributed by atoms with van der Waals surface area (Å²) in [4.78, 5) is 21.8. The zero-order valence-electron chi connectivity index (χ0n) is 9.89. The Kier molecular flexibility index (Phi) is 3.23. The van der Waals surface area contributed by atoms with Crippen LogP contribution in [0.4, 0.5) is 5.95 Å². The zero-order valence-corrected chi connectivity index (χ0v) is 9.89. The highest BCUT2D eigenvalue weighted by Gasteiger charge is 2.28. The molecule has 1 aromatic rings. The summed E-state index contributed by atoms with van der Waals surface area (Å²) in [6.45, 7) is 3.67. The summed E-state index contributed by atoms with van der Waals surface area (Å²) < 4.78 is 0. The molecule has 1 fully saturated rings. The van der Waals surface area contributed by atoms with E-state index in [1.165, 1.54) is 0 Å². The van der Waals surface area contributed by atoms with Gasteiger partial charge < -0.3 is 16.4 Å². The standard InChI is InChI=1S/C11H17N5O/c1-7-4-9(5-12)15-11(14-7)16-3-2-8(6-16)10(13)17/h4,8H,2-3,5-6,12H2,1H3,(H2,13,17). The van der Waals surface area contributed by atoms with Gasteiger partial charge in [-0.3, -0.25) is 4.79 Å². The van der Waals surface area contributed by atoms with Gasteiger partial charge in [-0.2, -0.15) is 0 Å². The zero-order chi connectivity index (χ0) is 12.4. The highest BCUT2D eigenvalue weighted by molar-refractivity contribution is 5.78. The third-order valence-electron chi connectivity index (χ3n) is 2.98. The van der Waals surface area contributed by atoms with Gasteiger partial charge in [0.25, 0.3) is 0 Å². The van der Waals surface area contributed by atoms with Gasteiger partial charge in [-0.15, -0.1) is 0 Å². The van der Waals surface area contributed by atoms with E-state index in [1.807, 2.05) is 17.9 Å². The number of carbonyl (C=O) groups excluding carboxylic acids is 1. The molecule has 6 nitrogen and oxygen atoms in total. The number of aromatic nitrogens is 2. The molecule has 2 rings (SSSR count). The van der Waals surface area contributed by atoms with Crippen LogP contribution in [0, 0.1) is 12.8 Å². The van der Waals surface area contributed by atoms with Gasteiger partial charge in [-0.05, 0) is 19.4 Å². The monoisotopic (exact) mass is 235 g/mol. The smallest absolute Gasteiger partial charge is 0.225 e. The van der Waals surface area contributed by atoms with Crippen LogP contribution in [0.2, 0.25) is 0 Å². The number of amides is 1. The highest BCUT2D eigenvalue weighted by atomic mass is 16.1. The molecular formula is C11H17N5O. The van der Waals surface area contributed by atoms with Crippen molar-refractivity contribution < 1.29 is 4.79 Å². The van der Waals surface area contributed by atoms with E-state index in [0.717, 1.165) is 24.4 Å². The largest absolute Gasteiger partial charge is 0.369 e. The number of primary amides is 1.